The van der Waals surface area contributed by atoms with Crippen LogP contribution in [0, 0.1) is 0 Å². The van der Waals surface area contributed by atoms with Gasteiger partial charge in [-0.1, -0.05) is 87.1 Å². The Labute approximate surface area is 139 Å². The van der Waals surface area contributed by atoms with E-state index in [0.717, 1.165) is 32.1 Å². The van der Waals surface area contributed by atoms with E-state index in [1.54, 1.807) is 6.92 Å². The molecule has 0 spiro atoms. The molecule has 130 valence electrons. The Hall–Kier alpha value is -0.573. The van der Waals surface area contributed by atoms with Crippen LogP contribution in [0.1, 0.15) is 87.5 Å². The smallest absolute Gasteiger partial charge is 0.319 e. The molecule has 0 saturated heterocycles. The summed E-state index contributed by atoms with van der Waals surface area (Å²) < 4.78 is 6.44. The number of rotatable bonds is 10. The largest absolute Gasteiger partial charge is 0.515 e. The Morgan fingerprint density at radius 2 is 1.36 bits per heavy atom. The molecule has 0 radical (unpaired) electrons. The van der Waals surface area contributed by atoms with Crippen molar-refractivity contribution in [3.05, 3.63) is 12.2 Å². The van der Waals surface area contributed by atoms with E-state index in [4.69, 9.17) is 4.43 Å². The van der Waals surface area contributed by atoms with Gasteiger partial charge in [0.1, 0.15) is 0 Å². The highest BCUT2D eigenvalue weighted by molar-refractivity contribution is 6.80. The van der Waals surface area contributed by atoms with Crippen LogP contribution in [-0.2, 0) is 9.22 Å². The van der Waals surface area contributed by atoms with Crippen molar-refractivity contribution in [3.63, 3.8) is 0 Å². The van der Waals surface area contributed by atoms with Gasteiger partial charge in [-0.25, -0.2) is 4.79 Å². The van der Waals surface area contributed by atoms with Crippen LogP contribution in [0.5, 0.6) is 0 Å². The molecule has 0 aliphatic heterocycles. The number of hydrogen-bond donors (Lipinski definition) is 0. The maximum absolute atomic E-state index is 12.5. The van der Waals surface area contributed by atoms with E-state index in [9.17, 15) is 4.79 Å². The fraction of sp³-hybridized carbons (Fsp3) is 0.842. The van der Waals surface area contributed by atoms with E-state index < -0.39 is 8.32 Å². The van der Waals surface area contributed by atoms with Crippen molar-refractivity contribution in [2.45, 2.75) is 104 Å². The molecule has 0 aromatic carbocycles. The van der Waals surface area contributed by atoms with Crippen molar-refractivity contribution in [2.75, 3.05) is 0 Å². The summed E-state index contributed by atoms with van der Waals surface area (Å²) >= 11 is 0. The minimum atomic E-state index is -2.32. The third-order valence-corrected chi connectivity index (χ3v) is 12.8. The van der Waals surface area contributed by atoms with Crippen molar-refractivity contribution < 1.29 is 9.22 Å². The van der Waals surface area contributed by atoms with Crippen LogP contribution >= 0.6 is 0 Å². The van der Waals surface area contributed by atoms with Crippen LogP contribution in [0.3, 0.4) is 0 Å². The molecular formula is C19H38O2Si. The average molecular weight is 327 g/mol. The van der Waals surface area contributed by atoms with Crippen molar-refractivity contribution >= 4 is 14.3 Å². The van der Waals surface area contributed by atoms with E-state index in [1.807, 2.05) is 0 Å². The molecule has 0 atom stereocenters. The summed E-state index contributed by atoms with van der Waals surface area (Å²) in [7, 11) is -2.32. The van der Waals surface area contributed by atoms with E-state index in [-0.39, 0.29) is 11.0 Å². The van der Waals surface area contributed by atoms with Gasteiger partial charge in [0.25, 0.3) is 8.32 Å². The van der Waals surface area contributed by atoms with E-state index in [2.05, 4.69) is 55.0 Å². The Bertz CT molecular complexity index is 354. The van der Waals surface area contributed by atoms with Gasteiger partial charge in [0, 0.05) is 5.57 Å². The summed E-state index contributed by atoms with van der Waals surface area (Å²) in [6.07, 6.45) is 5.41. The minimum absolute atomic E-state index is 0.0749. The second-order valence-electron chi connectivity index (χ2n) is 7.23. The van der Waals surface area contributed by atoms with E-state index in [1.165, 1.54) is 0 Å². The monoisotopic (exact) mass is 326 g/mol. The lowest BCUT2D eigenvalue weighted by Gasteiger charge is -2.52. The lowest BCUT2D eigenvalue weighted by molar-refractivity contribution is -0.131. The molecule has 0 saturated carbocycles. The van der Waals surface area contributed by atoms with Crippen molar-refractivity contribution in [1.29, 1.82) is 0 Å². The summed E-state index contributed by atoms with van der Waals surface area (Å²) in [6, 6.07) is 0. The Morgan fingerprint density at radius 3 is 1.59 bits per heavy atom. The first-order valence-corrected chi connectivity index (χ1v) is 11.1. The summed E-state index contributed by atoms with van der Waals surface area (Å²) in [6.45, 7) is 21.5. The zero-order chi connectivity index (χ0) is 17.6. The second kappa shape index (κ2) is 8.90. The molecule has 0 unspecified atom stereocenters. The second-order valence-corrected chi connectivity index (χ2v) is 12.0. The molecule has 0 fully saturated rings. The van der Waals surface area contributed by atoms with Crippen molar-refractivity contribution in [3.8, 4) is 0 Å². The molecule has 0 aliphatic rings. The molecule has 0 heterocycles. The van der Waals surface area contributed by atoms with E-state index in [0.29, 0.717) is 16.7 Å². The molecule has 22 heavy (non-hydrogen) atoms. The van der Waals surface area contributed by atoms with Crippen LogP contribution in [0.4, 0.5) is 0 Å². The van der Waals surface area contributed by atoms with Gasteiger partial charge >= 0.3 is 5.97 Å². The lowest BCUT2D eigenvalue weighted by atomic mass is 10.1. The predicted octanol–water partition coefficient (Wildman–Crippen LogP) is 6.62. The fourth-order valence-corrected chi connectivity index (χ4v) is 11.0. The molecule has 0 bridgehead atoms. The zero-order valence-corrected chi connectivity index (χ0v) is 17.2. The van der Waals surface area contributed by atoms with Gasteiger partial charge in [-0.05, 0) is 23.0 Å². The summed E-state index contributed by atoms with van der Waals surface area (Å²) in [5, 5.41) is 0.0749. The number of hydrogen-bond acceptors (Lipinski definition) is 2. The highest BCUT2D eigenvalue weighted by Crippen LogP contribution is 2.57. The maximum Gasteiger partial charge on any atom is 0.319 e. The SMILES string of the molecule is C=C(C)C(=O)O[Si](C(CC)CC)(C(CC)CC)C(C)(C)CC. The molecule has 0 aromatic rings. The van der Waals surface area contributed by atoms with Gasteiger partial charge in [-0.3, -0.25) is 0 Å². The van der Waals surface area contributed by atoms with Gasteiger partial charge < -0.3 is 4.43 Å². The molecule has 0 N–H and O–H groups in total. The molecule has 0 aromatic heterocycles. The van der Waals surface area contributed by atoms with Gasteiger partial charge in [-0.15, -0.1) is 0 Å². The fourth-order valence-electron chi connectivity index (χ4n) is 4.05. The molecule has 0 rings (SSSR count). The van der Waals surface area contributed by atoms with Gasteiger partial charge in [0.2, 0.25) is 0 Å². The lowest BCUT2D eigenvalue weighted by Crippen LogP contribution is -2.57. The van der Waals surface area contributed by atoms with Crippen molar-refractivity contribution in [2.24, 2.45) is 0 Å². The Balaban J connectivity index is 6.25. The molecular weight excluding hydrogens is 288 g/mol. The predicted molar refractivity (Wildman–Crippen MR) is 99.7 cm³/mol. The Kier molecular flexibility index (Phi) is 8.67. The molecule has 2 nitrogen and oxygen atoms in total. The summed E-state index contributed by atoms with van der Waals surface area (Å²) in [5.41, 5.74) is 1.55. The molecule has 0 amide bonds. The summed E-state index contributed by atoms with van der Waals surface area (Å²) in [5.74, 6) is -0.174. The number of carbonyl (C=O) groups excluding carboxylic acids is 1. The third-order valence-electron chi connectivity index (χ3n) is 5.74. The van der Waals surface area contributed by atoms with Crippen LogP contribution in [-0.4, -0.2) is 14.3 Å². The molecule has 3 heteroatoms. The topological polar surface area (TPSA) is 26.3 Å². The first-order chi connectivity index (χ1) is 10.2. The van der Waals surface area contributed by atoms with E-state index >= 15 is 0 Å². The van der Waals surface area contributed by atoms with Crippen LogP contribution in [0.25, 0.3) is 0 Å². The maximum atomic E-state index is 12.5. The number of carbonyl (C=O) groups is 1. The third kappa shape index (κ3) is 4.04. The van der Waals surface area contributed by atoms with Crippen LogP contribution in [0.15, 0.2) is 12.2 Å². The van der Waals surface area contributed by atoms with Crippen LogP contribution < -0.4 is 0 Å². The highest BCUT2D eigenvalue weighted by Gasteiger charge is 2.59. The van der Waals surface area contributed by atoms with Crippen LogP contribution in [0.2, 0.25) is 16.1 Å². The Morgan fingerprint density at radius 1 is 1.00 bits per heavy atom. The normalized spacial score (nSPS) is 12.8. The standard InChI is InChI=1S/C19H38O2Si/c1-10-16(11-2)22(17(12-3)13-4,19(8,9)14-5)21-18(20)15(6)7/h16-17H,6,10-14H2,1-5,7-9H3. The minimum Gasteiger partial charge on any atom is -0.515 e. The molecule has 0 aliphatic carbocycles. The first kappa shape index (κ1) is 21.4. The van der Waals surface area contributed by atoms with Gasteiger partial charge in [-0.2, -0.15) is 0 Å². The van der Waals surface area contributed by atoms with Gasteiger partial charge in [0.05, 0.1) is 0 Å². The zero-order valence-electron chi connectivity index (χ0n) is 16.2. The van der Waals surface area contributed by atoms with Gasteiger partial charge in [0.15, 0.2) is 0 Å². The van der Waals surface area contributed by atoms with Crippen molar-refractivity contribution in [1.82, 2.24) is 0 Å². The average Bonchev–Trinajstić information content (AvgIpc) is 2.48. The first-order valence-electron chi connectivity index (χ1n) is 9.07. The summed E-state index contributed by atoms with van der Waals surface area (Å²) in [4.78, 5) is 12.5. The quantitative estimate of drug-likeness (QED) is 0.333. The highest BCUT2D eigenvalue weighted by atomic mass is 28.4.